The molecule has 1 aromatic rings. The minimum atomic E-state index is -0.450. The van der Waals surface area contributed by atoms with E-state index in [0.29, 0.717) is 10.5 Å². The van der Waals surface area contributed by atoms with Gasteiger partial charge < -0.3 is 4.90 Å². The number of rotatable bonds is 2. The Morgan fingerprint density at radius 1 is 1.25 bits per heavy atom. The molecule has 1 amide bonds. The largest absolute Gasteiger partial charge is 0.337 e. The van der Waals surface area contributed by atoms with Crippen LogP contribution in [0, 0.1) is 5.82 Å². The van der Waals surface area contributed by atoms with Gasteiger partial charge in [-0.15, -0.1) is 0 Å². The monoisotopic (exact) mass is 340 g/mol. The van der Waals surface area contributed by atoms with E-state index in [1.807, 2.05) is 0 Å². The van der Waals surface area contributed by atoms with Gasteiger partial charge in [-0.2, -0.15) is 0 Å². The van der Waals surface area contributed by atoms with Gasteiger partial charge in [-0.05, 0) is 50.6 Å². The van der Waals surface area contributed by atoms with E-state index in [9.17, 15) is 9.18 Å². The van der Waals surface area contributed by atoms with E-state index in [0.717, 1.165) is 32.6 Å². The number of halogens is 2. The van der Waals surface area contributed by atoms with Gasteiger partial charge in [0.25, 0.3) is 5.91 Å². The number of hydrogen-bond donors (Lipinski definition) is 0. The lowest BCUT2D eigenvalue weighted by molar-refractivity contribution is 0.0775. The van der Waals surface area contributed by atoms with Crippen molar-refractivity contribution in [2.45, 2.75) is 25.3 Å². The molecule has 3 nitrogen and oxygen atoms in total. The fourth-order valence-corrected chi connectivity index (χ4v) is 3.50. The van der Waals surface area contributed by atoms with Crippen molar-refractivity contribution in [1.29, 1.82) is 0 Å². The maximum atomic E-state index is 13.9. The molecule has 108 valence electrons. The Kier molecular flexibility index (Phi) is 4.08. The first-order valence-corrected chi connectivity index (χ1v) is 7.93. The Labute approximate surface area is 126 Å². The zero-order chi connectivity index (χ0) is 14.1. The predicted molar refractivity (Wildman–Crippen MR) is 79.2 cm³/mol. The van der Waals surface area contributed by atoms with E-state index in [-0.39, 0.29) is 11.5 Å². The number of likely N-dealkylation sites (tertiary alicyclic amines) is 2. The van der Waals surface area contributed by atoms with E-state index in [1.54, 1.807) is 17.0 Å². The molecular weight excluding hydrogens is 323 g/mol. The minimum absolute atomic E-state index is 0.176. The third kappa shape index (κ3) is 2.74. The number of carbonyl (C=O) groups excluding carboxylic acids is 1. The Bertz CT molecular complexity index is 517. The van der Waals surface area contributed by atoms with Gasteiger partial charge in [0.1, 0.15) is 5.82 Å². The third-order valence-electron chi connectivity index (χ3n) is 4.27. The van der Waals surface area contributed by atoms with Crippen molar-refractivity contribution in [2.24, 2.45) is 0 Å². The second-order valence-corrected chi connectivity index (χ2v) is 6.48. The molecule has 1 aromatic carbocycles. The van der Waals surface area contributed by atoms with E-state index in [4.69, 9.17) is 0 Å². The van der Waals surface area contributed by atoms with Crippen molar-refractivity contribution >= 4 is 21.8 Å². The van der Waals surface area contributed by atoms with Crippen LogP contribution in [0.2, 0.25) is 0 Å². The zero-order valence-corrected chi connectivity index (χ0v) is 12.9. The van der Waals surface area contributed by atoms with Crippen LogP contribution in [0.25, 0.3) is 0 Å². The van der Waals surface area contributed by atoms with Crippen LogP contribution in [0.5, 0.6) is 0 Å². The molecule has 0 aliphatic carbocycles. The highest BCUT2D eigenvalue weighted by atomic mass is 79.9. The third-order valence-corrected chi connectivity index (χ3v) is 4.76. The van der Waals surface area contributed by atoms with Crippen LogP contribution in [0.4, 0.5) is 4.39 Å². The number of benzene rings is 1. The number of carbonyl (C=O) groups is 1. The molecule has 2 aliphatic rings. The lowest BCUT2D eigenvalue weighted by Gasteiger charge is -2.23. The Morgan fingerprint density at radius 2 is 2.00 bits per heavy atom. The highest BCUT2D eigenvalue weighted by Crippen LogP contribution is 2.23. The van der Waals surface area contributed by atoms with Crippen molar-refractivity contribution in [3.63, 3.8) is 0 Å². The molecule has 0 N–H and O–H groups in total. The molecule has 1 atom stereocenters. The molecule has 5 heteroatoms. The fraction of sp³-hybridized carbons (Fsp3) is 0.533. The number of amides is 1. The van der Waals surface area contributed by atoms with Crippen LogP contribution in [-0.2, 0) is 0 Å². The van der Waals surface area contributed by atoms with E-state index >= 15 is 0 Å². The second-order valence-electron chi connectivity index (χ2n) is 5.56. The Morgan fingerprint density at radius 3 is 2.70 bits per heavy atom. The first-order chi connectivity index (χ1) is 9.65. The van der Waals surface area contributed by atoms with E-state index < -0.39 is 5.82 Å². The molecule has 0 radical (unpaired) electrons. The van der Waals surface area contributed by atoms with Gasteiger partial charge in [0.05, 0.1) is 5.56 Å². The molecule has 2 aliphatic heterocycles. The first kappa shape index (κ1) is 14.0. The molecule has 3 rings (SSSR count). The maximum absolute atomic E-state index is 13.9. The average molecular weight is 341 g/mol. The molecule has 20 heavy (non-hydrogen) atoms. The molecule has 2 saturated heterocycles. The van der Waals surface area contributed by atoms with Crippen molar-refractivity contribution in [3.05, 3.63) is 34.1 Å². The molecule has 1 unspecified atom stereocenters. The minimum Gasteiger partial charge on any atom is -0.337 e. The van der Waals surface area contributed by atoms with Crippen molar-refractivity contribution in [3.8, 4) is 0 Å². The zero-order valence-electron chi connectivity index (χ0n) is 11.3. The van der Waals surface area contributed by atoms with Crippen molar-refractivity contribution < 1.29 is 9.18 Å². The summed E-state index contributed by atoms with van der Waals surface area (Å²) in [5.74, 6) is -0.634. The molecule has 2 fully saturated rings. The highest BCUT2D eigenvalue weighted by Gasteiger charge is 2.32. The summed E-state index contributed by atoms with van der Waals surface area (Å²) in [7, 11) is 0. The summed E-state index contributed by atoms with van der Waals surface area (Å²) in [6.45, 7) is 3.74. The van der Waals surface area contributed by atoms with Crippen LogP contribution in [0.3, 0.4) is 0 Å². The summed E-state index contributed by atoms with van der Waals surface area (Å²) >= 11 is 3.21. The van der Waals surface area contributed by atoms with Crippen molar-refractivity contribution in [1.82, 2.24) is 9.80 Å². The quantitative estimate of drug-likeness (QED) is 0.826. The van der Waals surface area contributed by atoms with Crippen molar-refractivity contribution in [2.75, 3.05) is 26.2 Å². The summed E-state index contributed by atoms with van der Waals surface area (Å²) in [5.41, 5.74) is 0.176. The predicted octanol–water partition coefficient (Wildman–Crippen LogP) is 2.90. The van der Waals surface area contributed by atoms with Crippen LogP contribution in [0.1, 0.15) is 29.6 Å². The molecule has 0 saturated carbocycles. The van der Waals surface area contributed by atoms with Gasteiger partial charge in [0.2, 0.25) is 0 Å². The average Bonchev–Trinajstić information content (AvgIpc) is 3.09. The normalized spacial score (nSPS) is 23.5. The number of hydrogen-bond acceptors (Lipinski definition) is 2. The maximum Gasteiger partial charge on any atom is 0.256 e. The van der Waals surface area contributed by atoms with Crippen LogP contribution in [0.15, 0.2) is 22.7 Å². The van der Waals surface area contributed by atoms with Gasteiger partial charge in [-0.1, -0.05) is 15.9 Å². The fourth-order valence-electron chi connectivity index (χ4n) is 3.16. The Hall–Kier alpha value is -0.940. The van der Waals surface area contributed by atoms with E-state index in [2.05, 4.69) is 20.8 Å². The summed E-state index contributed by atoms with van der Waals surface area (Å²) in [6.07, 6.45) is 3.52. The molecule has 0 aromatic heterocycles. The Balaban J connectivity index is 1.69. The first-order valence-electron chi connectivity index (χ1n) is 7.13. The van der Waals surface area contributed by atoms with Gasteiger partial charge >= 0.3 is 0 Å². The topological polar surface area (TPSA) is 23.6 Å². The van der Waals surface area contributed by atoms with Gasteiger partial charge in [0, 0.05) is 23.6 Å². The van der Waals surface area contributed by atoms with E-state index in [1.165, 1.54) is 18.9 Å². The summed E-state index contributed by atoms with van der Waals surface area (Å²) in [5, 5.41) is 0. The number of nitrogens with zero attached hydrogens (tertiary/aromatic N) is 2. The second kappa shape index (κ2) is 5.82. The standard InChI is InChI=1S/C15H18BrFN2O/c16-11-3-4-13(14(17)9-11)15(20)19-8-5-12(10-19)18-6-1-2-7-18/h3-4,9,12H,1-2,5-8,10H2. The molecule has 0 spiro atoms. The lowest BCUT2D eigenvalue weighted by Crippen LogP contribution is -2.37. The van der Waals surface area contributed by atoms with Crippen LogP contribution < -0.4 is 0 Å². The summed E-state index contributed by atoms with van der Waals surface area (Å²) < 4.78 is 14.5. The summed E-state index contributed by atoms with van der Waals surface area (Å²) in [4.78, 5) is 16.6. The van der Waals surface area contributed by atoms with Gasteiger partial charge in [0.15, 0.2) is 0 Å². The molecular formula is C15H18BrFN2O. The van der Waals surface area contributed by atoms with Crippen LogP contribution >= 0.6 is 15.9 Å². The SMILES string of the molecule is O=C(c1ccc(Br)cc1F)N1CCC(N2CCCC2)C1. The molecule has 0 bridgehead atoms. The van der Waals surface area contributed by atoms with Crippen LogP contribution in [-0.4, -0.2) is 47.9 Å². The highest BCUT2D eigenvalue weighted by molar-refractivity contribution is 9.10. The summed E-state index contributed by atoms with van der Waals surface area (Å²) in [6, 6.07) is 5.08. The van der Waals surface area contributed by atoms with Gasteiger partial charge in [-0.3, -0.25) is 9.69 Å². The smallest absolute Gasteiger partial charge is 0.256 e. The molecule has 2 heterocycles. The van der Waals surface area contributed by atoms with Gasteiger partial charge in [-0.25, -0.2) is 4.39 Å². The lowest BCUT2D eigenvalue weighted by atomic mass is 10.2.